The Labute approximate surface area is 235 Å². The van der Waals surface area contributed by atoms with Crippen molar-refractivity contribution in [2.24, 2.45) is 0 Å². The highest BCUT2D eigenvalue weighted by atomic mass is 16.5. The number of unbranched alkanes of at least 4 members (excludes halogenated alkanes) is 14. The van der Waals surface area contributed by atoms with E-state index in [1.165, 1.54) is 70.3 Å². The summed E-state index contributed by atoms with van der Waals surface area (Å²) in [5, 5.41) is 28.4. The van der Waals surface area contributed by atoms with Gasteiger partial charge in [-0.25, -0.2) is 4.79 Å². The number of phenols is 2. The molecule has 218 valence electrons. The van der Waals surface area contributed by atoms with E-state index in [-0.39, 0.29) is 17.1 Å². The number of hydrogen-bond donors (Lipinski definition) is 3. The summed E-state index contributed by atoms with van der Waals surface area (Å²) in [5.41, 5.74) is 1.18. The molecular weight excluding hydrogens is 492 g/mol. The highest BCUT2D eigenvalue weighted by Gasteiger charge is 2.09. The summed E-state index contributed by atoms with van der Waals surface area (Å²) in [6.45, 7) is 3.35. The predicted octanol–water partition coefficient (Wildman–Crippen LogP) is 9.06. The fourth-order valence-corrected chi connectivity index (χ4v) is 4.69. The van der Waals surface area contributed by atoms with Crippen molar-refractivity contribution in [1.82, 2.24) is 0 Å². The third-order valence-electron chi connectivity index (χ3n) is 7.06. The van der Waals surface area contributed by atoms with Crippen LogP contribution < -0.4 is 9.47 Å². The van der Waals surface area contributed by atoms with Gasteiger partial charge in [0.25, 0.3) is 0 Å². The summed E-state index contributed by atoms with van der Waals surface area (Å²) in [5.74, 6) is -0.0945. The Bertz CT molecular complexity index is 942. The van der Waals surface area contributed by atoms with Crippen molar-refractivity contribution in [3.8, 4) is 23.0 Å². The van der Waals surface area contributed by atoms with E-state index in [1.807, 2.05) is 6.07 Å². The summed E-state index contributed by atoms with van der Waals surface area (Å²) >= 11 is 0. The van der Waals surface area contributed by atoms with E-state index < -0.39 is 5.97 Å². The normalized spacial score (nSPS) is 11.0. The molecule has 0 aromatic heterocycles. The number of aromatic carboxylic acids is 1. The average molecular weight is 543 g/mol. The van der Waals surface area contributed by atoms with Crippen LogP contribution in [0.25, 0.3) is 0 Å². The Balaban J connectivity index is 1.57. The minimum Gasteiger partial charge on any atom is -0.504 e. The summed E-state index contributed by atoms with van der Waals surface area (Å²) in [6.07, 6.45) is 20.2. The van der Waals surface area contributed by atoms with Gasteiger partial charge in [0.05, 0.1) is 18.8 Å². The largest absolute Gasteiger partial charge is 0.504 e. The molecule has 0 aliphatic heterocycles. The molecule has 2 aromatic carbocycles. The van der Waals surface area contributed by atoms with Crippen LogP contribution in [0, 0.1) is 0 Å². The molecular formula is C33H50O6. The van der Waals surface area contributed by atoms with Crippen molar-refractivity contribution in [2.45, 2.75) is 116 Å². The first-order chi connectivity index (χ1) is 19.0. The third kappa shape index (κ3) is 14.7. The third-order valence-corrected chi connectivity index (χ3v) is 7.06. The fraction of sp³-hybridized carbons (Fsp3) is 0.606. The molecule has 0 aliphatic rings. The van der Waals surface area contributed by atoms with Gasteiger partial charge in [0.2, 0.25) is 0 Å². The highest BCUT2D eigenvalue weighted by Crippen LogP contribution is 2.26. The van der Waals surface area contributed by atoms with E-state index >= 15 is 0 Å². The monoisotopic (exact) mass is 542 g/mol. The van der Waals surface area contributed by atoms with Crippen molar-refractivity contribution >= 4 is 5.97 Å². The molecule has 0 spiro atoms. The van der Waals surface area contributed by atoms with Gasteiger partial charge in [0.1, 0.15) is 11.5 Å². The molecule has 0 unspecified atom stereocenters. The molecule has 0 saturated carbocycles. The zero-order valence-corrected chi connectivity index (χ0v) is 24.0. The number of rotatable bonds is 23. The molecule has 2 rings (SSSR count). The zero-order valence-electron chi connectivity index (χ0n) is 24.0. The van der Waals surface area contributed by atoms with Gasteiger partial charge in [0.15, 0.2) is 11.5 Å². The van der Waals surface area contributed by atoms with Crippen LogP contribution in [0.15, 0.2) is 36.4 Å². The van der Waals surface area contributed by atoms with E-state index in [0.717, 1.165) is 50.5 Å². The molecule has 0 bridgehead atoms. The zero-order chi connectivity index (χ0) is 28.1. The lowest BCUT2D eigenvalue weighted by molar-refractivity contribution is 0.0695. The lowest BCUT2D eigenvalue weighted by atomic mass is 10.1. The molecule has 0 saturated heterocycles. The molecule has 2 aromatic rings. The maximum atomic E-state index is 11.6. The van der Waals surface area contributed by atoms with Crippen molar-refractivity contribution in [3.05, 3.63) is 47.5 Å². The lowest BCUT2D eigenvalue weighted by Crippen LogP contribution is -2.03. The van der Waals surface area contributed by atoms with Crippen molar-refractivity contribution in [2.75, 3.05) is 13.2 Å². The first kappa shape index (κ1) is 32.3. The van der Waals surface area contributed by atoms with E-state index in [1.54, 1.807) is 24.3 Å². The van der Waals surface area contributed by atoms with Crippen molar-refractivity contribution in [1.29, 1.82) is 0 Å². The first-order valence-corrected chi connectivity index (χ1v) is 15.1. The number of phenolic OH excluding ortho intramolecular Hbond substituents is 2. The molecule has 0 atom stereocenters. The first-order valence-electron chi connectivity index (χ1n) is 15.1. The van der Waals surface area contributed by atoms with Gasteiger partial charge in [-0.3, -0.25) is 0 Å². The topological polar surface area (TPSA) is 96.2 Å². The molecule has 6 heteroatoms. The Kier molecular flexibility index (Phi) is 16.6. The second-order valence-corrected chi connectivity index (χ2v) is 10.6. The standard InChI is InChI=1S/C33H50O6/c1-2-3-4-5-6-7-8-9-10-11-13-16-21-38-29-24-28(33(36)37)25-30(26-29)39-22-17-14-12-15-18-27-19-20-31(34)32(35)23-27/h19-20,23-26,34-35H,2-18,21-22H2,1H3,(H,36,37). The average Bonchev–Trinajstić information content (AvgIpc) is 2.92. The van der Waals surface area contributed by atoms with Gasteiger partial charge >= 0.3 is 5.97 Å². The van der Waals surface area contributed by atoms with Crippen LogP contribution >= 0.6 is 0 Å². The van der Waals surface area contributed by atoms with Crippen LogP contribution in [0.5, 0.6) is 23.0 Å². The SMILES string of the molecule is CCCCCCCCCCCCCCOc1cc(OCCCCCCc2ccc(O)c(O)c2)cc(C(=O)O)c1. The van der Waals surface area contributed by atoms with Gasteiger partial charge in [-0.1, -0.05) is 96.5 Å². The molecule has 0 heterocycles. The summed E-state index contributed by atoms with van der Waals surface area (Å²) in [4.78, 5) is 11.6. The highest BCUT2D eigenvalue weighted by molar-refractivity contribution is 5.88. The number of carboxylic acids is 1. The van der Waals surface area contributed by atoms with Crippen LogP contribution in [-0.4, -0.2) is 34.5 Å². The van der Waals surface area contributed by atoms with Crippen LogP contribution in [0.3, 0.4) is 0 Å². The number of ether oxygens (including phenoxy) is 2. The molecule has 0 fully saturated rings. The van der Waals surface area contributed by atoms with E-state index in [0.29, 0.717) is 24.7 Å². The van der Waals surface area contributed by atoms with Gasteiger partial charge in [0, 0.05) is 6.07 Å². The Hall–Kier alpha value is -2.89. The minimum absolute atomic E-state index is 0.0816. The fourth-order valence-electron chi connectivity index (χ4n) is 4.69. The van der Waals surface area contributed by atoms with E-state index in [9.17, 15) is 20.1 Å². The smallest absolute Gasteiger partial charge is 0.335 e. The van der Waals surface area contributed by atoms with Gasteiger partial charge in [-0.15, -0.1) is 0 Å². The Morgan fingerprint density at radius 1 is 0.615 bits per heavy atom. The summed E-state index contributed by atoms with van der Waals surface area (Å²) < 4.78 is 11.7. The van der Waals surface area contributed by atoms with Crippen LogP contribution in [0.1, 0.15) is 126 Å². The summed E-state index contributed by atoms with van der Waals surface area (Å²) in [6, 6.07) is 9.84. The second kappa shape index (κ2) is 20.1. The summed E-state index contributed by atoms with van der Waals surface area (Å²) in [7, 11) is 0. The van der Waals surface area contributed by atoms with Gasteiger partial charge < -0.3 is 24.8 Å². The minimum atomic E-state index is -0.990. The number of aromatic hydroxyl groups is 2. The van der Waals surface area contributed by atoms with Crippen LogP contribution in [-0.2, 0) is 6.42 Å². The number of aryl methyl sites for hydroxylation is 1. The van der Waals surface area contributed by atoms with Crippen LogP contribution in [0.4, 0.5) is 0 Å². The second-order valence-electron chi connectivity index (χ2n) is 10.6. The van der Waals surface area contributed by atoms with E-state index in [4.69, 9.17) is 9.47 Å². The lowest BCUT2D eigenvalue weighted by Gasteiger charge is -2.11. The number of hydrogen-bond acceptors (Lipinski definition) is 5. The van der Waals surface area contributed by atoms with Crippen molar-refractivity contribution < 1.29 is 29.6 Å². The number of carboxylic acid groups (broad SMARTS) is 1. The molecule has 3 N–H and O–H groups in total. The number of benzene rings is 2. The quantitative estimate of drug-likeness (QED) is 0.0957. The molecule has 39 heavy (non-hydrogen) atoms. The van der Waals surface area contributed by atoms with Crippen LogP contribution in [0.2, 0.25) is 0 Å². The Morgan fingerprint density at radius 2 is 1.10 bits per heavy atom. The Morgan fingerprint density at radius 3 is 1.59 bits per heavy atom. The maximum absolute atomic E-state index is 11.6. The molecule has 0 amide bonds. The van der Waals surface area contributed by atoms with Gasteiger partial charge in [-0.2, -0.15) is 0 Å². The molecule has 0 radical (unpaired) electrons. The number of carbonyl (C=O) groups is 1. The van der Waals surface area contributed by atoms with Gasteiger partial charge in [-0.05, 0) is 55.5 Å². The van der Waals surface area contributed by atoms with E-state index in [2.05, 4.69) is 6.92 Å². The van der Waals surface area contributed by atoms with Crippen molar-refractivity contribution in [3.63, 3.8) is 0 Å². The maximum Gasteiger partial charge on any atom is 0.335 e. The molecule has 6 nitrogen and oxygen atoms in total. The predicted molar refractivity (Wildman–Crippen MR) is 157 cm³/mol. The molecule has 0 aliphatic carbocycles.